The highest BCUT2D eigenvalue weighted by Gasteiger charge is 2.25. The van der Waals surface area contributed by atoms with Gasteiger partial charge in [-0.25, -0.2) is 4.98 Å². The molecular weight excluding hydrogens is 278 g/mol. The van der Waals surface area contributed by atoms with Gasteiger partial charge >= 0.3 is 0 Å². The van der Waals surface area contributed by atoms with Crippen LogP contribution in [0.2, 0.25) is 0 Å². The first-order valence-corrected chi connectivity index (χ1v) is 7.97. The topological polar surface area (TPSA) is 61.4 Å². The summed E-state index contributed by atoms with van der Waals surface area (Å²) in [4.78, 5) is 25.2. The summed E-state index contributed by atoms with van der Waals surface area (Å²) in [5.41, 5.74) is 1.19. The minimum Gasteiger partial charge on any atom is -0.349 e. The van der Waals surface area contributed by atoms with E-state index >= 15 is 0 Å². The van der Waals surface area contributed by atoms with Crippen molar-refractivity contribution in [3.8, 4) is 0 Å². The maximum absolute atomic E-state index is 12.2. The molecule has 2 heterocycles. The molecule has 1 aromatic heterocycles. The summed E-state index contributed by atoms with van der Waals surface area (Å²) in [6.45, 7) is 11.2. The number of aryl methyl sites for hydroxylation is 1. The van der Waals surface area contributed by atoms with Crippen LogP contribution in [0, 0.1) is 12.8 Å². The molecule has 1 aromatic rings. The number of piperazine rings is 1. The van der Waals surface area contributed by atoms with Gasteiger partial charge in [0.05, 0.1) is 11.9 Å². The molecule has 0 saturated carbocycles. The fourth-order valence-corrected chi connectivity index (χ4v) is 2.74. The second-order valence-electron chi connectivity index (χ2n) is 6.40. The Morgan fingerprint density at radius 1 is 1.23 bits per heavy atom. The van der Waals surface area contributed by atoms with Gasteiger partial charge in [0.2, 0.25) is 0 Å². The summed E-state index contributed by atoms with van der Waals surface area (Å²) >= 11 is 0. The predicted molar refractivity (Wildman–Crippen MR) is 86.8 cm³/mol. The normalized spacial score (nSPS) is 18.4. The molecule has 1 fully saturated rings. The molecule has 1 aliphatic heterocycles. The van der Waals surface area contributed by atoms with E-state index in [2.05, 4.69) is 46.0 Å². The Hall–Kier alpha value is -1.53. The van der Waals surface area contributed by atoms with E-state index < -0.39 is 0 Å². The van der Waals surface area contributed by atoms with Crippen molar-refractivity contribution in [3.05, 3.63) is 23.8 Å². The van der Waals surface area contributed by atoms with Gasteiger partial charge < -0.3 is 10.2 Å². The van der Waals surface area contributed by atoms with Crippen LogP contribution in [-0.2, 0) is 0 Å². The average Bonchev–Trinajstić information content (AvgIpc) is 2.49. The first-order chi connectivity index (χ1) is 10.5. The summed E-state index contributed by atoms with van der Waals surface area (Å²) < 4.78 is 0. The fraction of sp³-hybridized carbons (Fsp3) is 0.688. The van der Waals surface area contributed by atoms with E-state index in [1.54, 1.807) is 6.20 Å². The summed E-state index contributed by atoms with van der Waals surface area (Å²) in [5, 5.41) is 3.01. The van der Waals surface area contributed by atoms with Crippen LogP contribution in [0.5, 0.6) is 0 Å². The summed E-state index contributed by atoms with van der Waals surface area (Å²) in [6.07, 6.45) is 3.15. The smallest absolute Gasteiger partial charge is 0.271 e. The van der Waals surface area contributed by atoms with Crippen LogP contribution in [0.25, 0.3) is 0 Å². The first kappa shape index (κ1) is 16.8. The molecule has 122 valence electrons. The van der Waals surface area contributed by atoms with Crippen LogP contribution in [0.4, 0.5) is 0 Å². The lowest BCUT2D eigenvalue weighted by molar-refractivity contribution is 0.0788. The molecule has 6 heteroatoms. The molecule has 1 amide bonds. The highest BCUT2D eigenvalue weighted by molar-refractivity contribution is 5.91. The van der Waals surface area contributed by atoms with E-state index in [0.29, 0.717) is 24.2 Å². The van der Waals surface area contributed by atoms with Gasteiger partial charge in [0.15, 0.2) is 0 Å². The molecule has 6 nitrogen and oxygen atoms in total. The number of hydrogen-bond donors (Lipinski definition) is 1. The Bertz CT molecular complexity index is 480. The number of amides is 1. The molecule has 22 heavy (non-hydrogen) atoms. The summed E-state index contributed by atoms with van der Waals surface area (Å²) in [5.74, 6) is 0.347. The van der Waals surface area contributed by atoms with Gasteiger partial charge in [-0.1, -0.05) is 13.8 Å². The Labute approximate surface area is 132 Å². The maximum atomic E-state index is 12.2. The third-order valence-corrected chi connectivity index (χ3v) is 4.26. The minimum atomic E-state index is -0.146. The SMILES string of the molecule is Cc1cnc(C(=O)NCC(C(C)C)N2CCN(C)CC2)cn1. The lowest BCUT2D eigenvalue weighted by Crippen LogP contribution is -2.54. The Morgan fingerprint density at radius 3 is 2.45 bits per heavy atom. The van der Waals surface area contributed by atoms with Crippen molar-refractivity contribution < 1.29 is 4.79 Å². The number of rotatable bonds is 5. The van der Waals surface area contributed by atoms with Crippen LogP contribution in [0.15, 0.2) is 12.4 Å². The molecule has 0 aromatic carbocycles. The van der Waals surface area contributed by atoms with Crippen molar-refractivity contribution in [1.82, 2.24) is 25.1 Å². The van der Waals surface area contributed by atoms with Crippen molar-refractivity contribution in [2.75, 3.05) is 39.8 Å². The zero-order valence-corrected chi connectivity index (χ0v) is 14.0. The average molecular weight is 305 g/mol. The molecular formula is C16H27N5O. The summed E-state index contributed by atoms with van der Waals surface area (Å²) in [7, 11) is 2.15. The van der Waals surface area contributed by atoms with Crippen LogP contribution >= 0.6 is 0 Å². The second kappa shape index (κ2) is 7.65. The molecule has 1 atom stereocenters. The van der Waals surface area contributed by atoms with E-state index in [1.165, 1.54) is 6.20 Å². The van der Waals surface area contributed by atoms with Crippen LogP contribution in [0.1, 0.15) is 30.0 Å². The van der Waals surface area contributed by atoms with Gasteiger partial charge in [-0.05, 0) is 19.9 Å². The lowest BCUT2D eigenvalue weighted by Gasteiger charge is -2.39. The zero-order chi connectivity index (χ0) is 16.1. The Morgan fingerprint density at radius 2 is 1.91 bits per heavy atom. The quantitative estimate of drug-likeness (QED) is 0.871. The van der Waals surface area contributed by atoms with E-state index in [4.69, 9.17) is 0 Å². The third-order valence-electron chi connectivity index (χ3n) is 4.26. The Balaban J connectivity index is 1.91. The van der Waals surface area contributed by atoms with Crippen LogP contribution in [-0.4, -0.2) is 71.5 Å². The van der Waals surface area contributed by atoms with E-state index in [1.807, 2.05) is 6.92 Å². The highest BCUT2D eigenvalue weighted by Crippen LogP contribution is 2.13. The number of likely N-dealkylation sites (N-methyl/N-ethyl adjacent to an activating group) is 1. The first-order valence-electron chi connectivity index (χ1n) is 7.97. The molecule has 0 bridgehead atoms. The van der Waals surface area contributed by atoms with Crippen molar-refractivity contribution >= 4 is 5.91 Å². The van der Waals surface area contributed by atoms with Gasteiger partial charge in [-0.3, -0.25) is 14.7 Å². The number of nitrogens with zero attached hydrogens (tertiary/aromatic N) is 4. The molecule has 0 radical (unpaired) electrons. The molecule has 2 rings (SSSR count). The number of hydrogen-bond acceptors (Lipinski definition) is 5. The molecule has 1 aliphatic rings. The Kier molecular flexibility index (Phi) is 5.85. The van der Waals surface area contributed by atoms with Crippen LogP contribution in [0.3, 0.4) is 0 Å². The number of aromatic nitrogens is 2. The highest BCUT2D eigenvalue weighted by atomic mass is 16.1. The van der Waals surface area contributed by atoms with Gasteiger partial charge in [0.25, 0.3) is 5.91 Å². The zero-order valence-electron chi connectivity index (χ0n) is 14.0. The summed E-state index contributed by atoms with van der Waals surface area (Å²) in [6, 6.07) is 0.357. The maximum Gasteiger partial charge on any atom is 0.271 e. The molecule has 1 N–H and O–H groups in total. The minimum absolute atomic E-state index is 0.146. The van der Waals surface area contributed by atoms with Crippen molar-refractivity contribution in [2.24, 2.45) is 5.92 Å². The lowest BCUT2D eigenvalue weighted by atomic mass is 10.0. The predicted octanol–water partition coefficient (Wildman–Crippen LogP) is 0.787. The van der Waals surface area contributed by atoms with Crippen molar-refractivity contribution in [1.29, 1.82) is 0 Å². The van der Waals surface area contributed by atoms with E-state index in [9.17, 15) is 4.79 Å². The van der Waals surface area contributed by atoms with E-state index in [-0.39, 0.29) is 5.91 Å². The van der Waals surface area contributed by atoms with Gasteiger partial charge in [0, 0.05) is 45.0 Å². The molecule has 1 unspecified atom stereocenters. The van der Waals surface area contributed by atoms with Gasteiger partial charge in [-0.15, -0.1) is 0 Å². The van der Waals surface area contributed by atoms with Gasteiger partial charge in [0.1, 0.15) is 5.69 Å². The largest absolute Gasteiger partial charge is 0.349 e. The molecule has 1 saturated heterocycles. The number of nitrogens with one attached hydrogen (secondary N) is 1. The standard InChI is InChI=1S/C16H27N5O/c1-12(2)15(21-7-5-20(4)6-8-21)11-19-16(22)14-10-17-13(3)9-18-14/h9-10,12,15H,5-8,11H2,1-4H3,(H,19,22). The third kappa shape index (κ3) is 4.48. The monoisotopic (exact) mass is 305 g/mol. The molecule has 0 aliphatic carbocycles. The van der Waals surface area contributed by atoms with Crippen molar-refractivity contribution in [3.63, 3.8) is 0 Å². The fourth-order valence-electron chi connectivity index (χ4n) is 2.74. The van der Waals surface area contributed by atoms with E-state index in [0.717, 1.165) is 31.9 Å². The molecule has 0 spiro atoms. The van der Waals surface area contributed by atoms with Crippen molar-refractivity contribution in [2.45, 2.75) is 26.8 Å². The van der Waals surface area contributed by atoms with Gasteiger partial charge in [-0.2, -0.15) is 0 Å². The number of carbonyl (C=O) groups is 1. The number of carbonyl (C=O) groups excluding carboxylic acids is 1. The second-order valence-corrected chi connectivity index (χ2v) is 6.40. The van der Waals surface area contributed by atoms with Crippen LogP contribution < -0.4 is 5.32 Å².